The van der Waals surface area contributed by atoms with Gasteiger partial charge in [0.25, 0.3) is 5.91 Å². The highest BCUT2D eigenvalue weighted by Crippen LogP contribution is 2.16. The van der Waals surface area contributed by atoms with Crippen molar-refractivity contribution in [1.29, 1.82) is 0 Å². The number of nitrogens with one attached hydrogen (secondary N) is 3. The van der Waals surface area contributed by atoms with Crippen LogP contribution in [0.1, 0.15) is 15.9 Å². The van der Waals surface area contributed by atoms with E-state index in [1.54, 1.807) is 30.3 Å². The van der Waals surface area contributed by atoms with Crippen LogP contribution in [0.15, 0.2) is 77.6 Å². The van der Waals surface area contributed by atoms with E-state index in [1.807, 2.05) is 30.3 Å². The second-order valence-electron chi connectivity index (χ2n) is 5.34. The Morgan fingerprint density at radius 3 is 2.36 bits per heavy atom. The fourth-order valence-corrected chi connectivity index (χ4v) is 2.23. The molecule has 0 saturated carbocycles. The van der Waals surface area contributed by atoms with Crippen molar-refractivity contribution in [2.45, 2.75) is 6.54 Å². The van der Waals surface area contributed by atoms with E-state index in [4.69, 9.17) is 4.42 Å². The number of anilines is 2. The zero-order valence-corrected chi connectivity index (χ0v) is 13.4. The SMILES string of the molecule is O=C(NCc1ccccc1)Nc1cccc(NC(=O)c2ccoc2)c1. The van der Waals surface area contributed by atoms with Crippen LogP contribution >= 0.6 is 0 Å². The first-order valence-corrected chi connectivity index (χ1v) is 7.73. The molecule has 3 N–H and O–H groups in total. The van der Waals surface area contributed by atoms with E-state index in [0.717, 1.165) is 5.56 Å². The van der Waals surface area contributed by atoms with E-state index in [-0.39, 0.29) is 11.9 Å². The minimum absolute atomic E-state index is 0.278. The summed E-state index contributed by atoms with van der Waals surface area (Å²) in [5.74, 6) is -0.278. The highest BCUT2D eigenvalue weighted by Gasteiger charge is 2.08. The molecule has 0 radical (unpaired) electrons. The first-order valence-electron chi connectivity index (χ1n) is 7.73. The number of amides is 3. The Balaban J connectivity index is 1.56. The summed E-state index contributed by atoms with van der Waals surface area (Å²) in [6.07, 6.45) is 2.80. The molecule has 0 unspecified atom stereocenters. The van der Waals surface area contributed by atoms with E-state index < -0.39 is 0 Å². The molecule has 126 valence electrons. The van der Waals surface area contributed by atoms with Crippen LogP contribution in [0.4, 0.5) is 16.2 Å². The Labute approximate surface area is 144 Å². The van der Waals surface area contributed by atoms with Gasteiger partial charge in [0.05, 0.1) is 11.8 Å². The molecule has 0 fully saturated rings. The molecule has 1 heterocycles. The second kappa shape index (κ2) is 7.83. The standard InChI is InChI=1S/C19H17N3O3/c23-18(15-9-10-25-13-15)21-16-7-4-8-17(11-16)22-19(24)20-12-14-5-2-1-3-6-14/h1-11,13H,12H2,(H,21,23)(H2,20,22,24). The van der Waals surface area contributed by atoms with Gasteiger partial charge in [0, 0.05) is 17.9 Å². The maximum absolute atomic E-state index is 12.0. The van der Waals surface area contributed by atoms with E-state index in [2.05, 4.69) is 16.0 Å². The fraction of sp³-hybridized carbons (Fsp3) is 0.0526. The van der Waals surface area contributed by atoms with Crippen molar-refractivity contribution in [2.75, 3.05) is 10.6 Å². The van der Waals surface area contributed by atoms with Gasteiger partial charge in [0.1, 0.15) is 6.26 Å². The average Bonchev–Trinajstić information content (AvgIpc) is 3.16. The lowest BCUT2D eigenvalue weighted by atomic mass is 10.2. The number of benzene rings is 2. The fourth-order valence-electron chi connectivity index (χ4n) is 2.23. The number of carbonyl (C=O) groups is 2. The number of furan rings is 1. The highest BCUT2D eigenvalue weighted by atomic mass is 16.3. The molecule has 6 nitrogen and oxygen atoms in total. The Morgan fingerprint density at radius 1 is 0.880 bits per heavy atom. The third-order valence-electron chi connectivity index (χ3n) is 3.46. The second-order valence-corrected chi connectivity index (χ2v) is 5.34. The zero-order chi connectivity index (χ0) is 17.5. The normalized spacial score (nSPS) is 10.1. The number of rotatable bonds is 5. The van der Waals surface area contributed by atoms with Crippen LogP contribution in [0, 0.1) is 0 Å². The van der Waals surface area contributed by atoms with Gasteiger partial charge in [-0.3, -0.25) is 4.79 Å². The predicted octanol–water partition coefficient (Wildman–Crippen LogP) is 3.85. The molecule has 3 amide bonds. The van der Waals surface area contributed by atoms with Gasteiger partial charge in [0.15, 0.2) is 0 Å². The highest BCUT2D eigenvalue weighted by molar-refractivity contribution is 6.04. The van der Waals surface area contributed by atoms with Crippen molar-refractivity contribution < 1.29 is 14.0 Å². The molecule has 2 aromatic carbocycles. The van der Waals surface area contributed by atoms with Gasteiger partial charge >= 0.3 is 6.03 Å². The summed E-state index contributed by atoms with van der Waals surface area (Å²) in [5.41, 5.74) is 2.60. The van der Waals surface area contributed by atoms with Crippen molar-refractivity contribution in [3.8, 4) is 0 Å². The molecule has 1 aromatic heterocycles. The smallest absolute Gasteiger partial charge is 0.319 e. The maximum atomic E-state index is 12.0. The van der Waals surface area contributed by atoms with Crippen LogP contribution < -0.4 is 16.0 Å². The molecule has 3 aromatic rings. The lowest BCUT2D eigenvalue weighted by Gasteiger charge is -2.09. The molecular weight excluding hydrogens is 318 g/mol. The van der Waals surface area contributed by atoms with Gasteiger partial charge in [0.2, 0.25) is 0 Å². The van der Waals surface area contributed by atoms with E-state index in [9.17, 15) is 9.59 Å². The molecule has 25 heavy (non-hydrogen) atoms. The van der Waals surface area contributed by atoms with Crippen LogP contribution in [0.25, 0.3) is 0 Å². The van der Waals surface area contributed by atoms with Crippen LogP contribution in [0.3, 0.4) is 0 Å². The molecule has 0 saturated heterocycles. The molecule has 0 aliphatic heterocycles. The Kier molecular flexibility index (Phi) is 5.11. The molecule has 0 spiro atoms. The summed E-state index contributed by atoms with van der Waals surface area (Å²) < 4.78 is 4.89. The van der Waals surface area contributed by atoms with Crippen molar-refractivity contribution >= 4 is 23.3 Å². The van der Waals surface area contributed by atoms with Crippen molar-refractivity contribution in [2.24, 2.45) is 0 Å². The van der Waals surface area contributed by atoms with E-state index in [0.29, 0.717) is 23.5 Å². The summed E-state index contributed by atoms with van der Waals surface area (Å²) in [4.78, 5) is 24.0. The van der Waals surface area contributed by atoms with Gasteiger partial charge < -0.3 is 20.4 Å². The van der Waals surface area contributed by atoms with Crippen LogP contribution in [0.2, 0.25) is 0 Å². The molecular formula is C19H17N3O3. The Hall–Kier alpha value is -3.54. The Morgan fingerprint density at radius 2 is 1.64 bits per heavy atom. The summed E-state index contributed by atoms with van der Waals surface area (Å²) in [7, 11) is 0. The molecule has 3 rings (SSSR count). The van der Waals surface area contributed by atoms with Crippen molar-refractivity contribution in [1.82, 2.24) is 5.32 Å². The Bertz CT molecular complexity index is 845. The first kappa shape index (κ1) is 16.3. The van der Waals surface area contributed by atoms with Crippen LogP contribution in [-0.2, 0) is 6.54 Å². The first-order chi connectivity index (χ1) is 12.2. The van der Waals surface area contributed by atoms with Gasteiger partial charge in [-0.15, -0.1) is 0 Å². The summed E-state index contributed by atoms with van der Waals surface area (Å²) >= 11 is 0. The minimum Gasteiger partial charge on any atom is -0.472 e. The summed E-state index contributed by atoms with van der Waals surface area (Å²) in [6, 6.07) is 17.8. The average molecular weight is 335 g/mol. The topological polar surface area (TPSA) is 83.4 Å². The van der Waals surface area contributed by atoms with Crippen molar-refractivity contribution in [3.63, 3.8) is 0 Å². The molecule has 0 aliphatic carbocycles. The third kappa shape index (κ3) is 4.71. The quantitative estimate of drug-likeness (QED) is 0.662. The van der Waals surface area contributed by atoms with Gasteiger partial charge in [-0.05, 0) is 29.8 Å². The molecule has 0 bridgehead atoms. The predicted molar refractivity (Wildman–Crippen MR) is 95.4 cm³/mol. The van der Waals surface area contributed by atoms with Crippen LogP contribution in [0.5, 0.6) is 0 Å². The molecule has 0 atom stereocenters. The third-order valence-corrected chi connectivity index (χ3v) is 3.46. The summed E-state index contributed by atoms with van der Waals surface area (Å²) in [6.45, 7) is 0.434. The number of urea groups is 1. The van der Waals surface area contributed by atoms with Gasteiger partial charge in [-0.1, -0.05) is 36.4 Å². The van der Waals surface area contributed by atoms with E-state index in [1.165, 1.54) is 12.5 Å². The molecule has 0 aliphatic rings. The monoisotopic (exact) mass is 335 g/mol. The van der Waals surface area contributed by atoms with Crippen LogP contribution in [-0.4, -0.2) is 11.9 Å². The number of hydrogen-bond donors (Lipinski definition) is 3. The molecule has 6 heteroatoms. The lowest BCUT2D eigenvalue weighted by Crippen LogP contribution is -2.28. The summed E-state index contributed by atoms with van der Waals surface area (Å²) in [5, 5.41) is 8.27. The maximum Gasteiger partial charge on any atom is 0.319 e. The van der Waals surface area contributed by atoms with E-state index >= 15 is 0 Å². The number of carbonyl (C=O) groups excluding carboxylic acids is 2. The van der Waals surface area contributed by atoms with Crippen molar-refractivity contribution in [3.05, 3.63) is 84.3 Å². The lowest BCUT2D eigenvalue weighted by molar-refractivity contribution is 0.102. The zero-order valence-electron chi connectivity index (χ0n) is 13.4. The van der Waals surface area contributed by atoms with Gasteiger partial charge in [-0.2, -0.15) is 0 Å². The van der Waals surface area contributed by atoms with Gasteiger partial charge in [-0.25, -0.2) is 4.79 Å². The number of hydrogen-bond acceptors (Lipinski definition) is 3. The minimum atomic E-state index is -0.317. The largest absolute Gasteiger partial charge is 0.472 e.